The molecular formula is C22H32IN5S. The first kappa shape index (κ1) is 22.5. The third kappa shape index (κ3) is 5.92. The maximum atomic E-state index is 4.78. The third-order valence-electron chi connectivity index (χ3n) is 5.82. The molecule has 2 N–H and O–H groups in total. The molecule has 0 spiro atoms. The van der Waals surface area contributed by atoms with Crippen molar-refractivity contribution in [2.75, 3.05) is 6.54 Å². The number of hydrogen-bond donors (Lipinski definition) is 2. The molecule has 5 nitrogen and oxygen atoms in total. The van der Waals surface area contributed by atoms with Crippen LogP contribution >= 0.6 is 35.3 Å². The molecule has 3 heterocycles. The second-order valence-corrected chi connectivity index (χ2v) is 9.23. The number of piperidine rings is 1. The fraction of sp³-hybridized carbons (Fsp3) is 0.545. The molecule has 2 unspecified atom stereocenters. The summed E-state index contributed by atoms with van der Waals surface area (Å²) in [7, 11) is 0. The third-order valence-corrected chi connectivity index (χ3v) is 6.72. The Bertz CT molecular complexity index is 780. The van der Waals surface area contributed by atoms with Gasteiger partial charge in [-0.3, -0.25) is 4.90 Å². The van der Waals surface area contributed by atoms with Gasteiger partial charge < -0.3 is 10.6 Å². The molecule has 2 aromatic rings. The number of fused-ring (bicyclic) bond motifs is 2. The molecule has 0 aliphatic carbocycles. The van der Waals surface area contributed by atoms with Gasteiger partial charge in [0.1, 0.15) is 5.01 Å². The minimum Gasteiger partial charge on any atom is -0.357 e. The highest BCUT2D eigenvalue weighted by Crippen LogP contribution is 2.36. The second-order valence-electron chi connectivity index (χ2n) is 7.92. The van der Waals surface area contributed by atoms with Crippen molar-refractivity contribution in [1.82, 2.24) is 20.5 Å². The maximum absolute atomic E-state index is 4.78. The Hall–Kier alpha value is -1.19. The van der Waals surface area contributed by atoms with E-state index in [0.29, 0.717) is 24.7 Å². The van der Waals surface area contributed by atoms with Crippen LogP contribution in [0, 0.1) is 6.92 Å². The molecule has 1 aromatic heterocycles. The van der Waals surface area contributed by atoms with Gasteiger partial charge in [0.25, 0.3) is 0 Å². The largest absolute Gasteiger partial charge is 0.357 e. The van der Waals surface area contributed by atoms with E-state index >= 15 is 0 Å². The Kier molecular flexibility index (Phi) is 8.32. The number of halogens is 1. The van der Waals surface area contributed by atoms with E-state index in [1.807, 2.05) is 6.20 Å². The average Bonchev–Trinajstić information content (AvgIpc) is 3.20. The number of rotatable bonds is 6. The Morgan fingerprint density at radius 1 is 1.21 bits per heavy atom. The van der Waals surface area contributed by atoms with Crippen LogP contribution in [0.25, 0.3) is 0 Å². The van der Waals surface area contributed by atoms with Gasteiger partial charge in [0.05, 0.1) is 6.54 Å². The normalized spacial score (nSPS) is 24.2. The molecule has 7 heteroatoms. The summed E-state index contributed by atoms with van der Waals surface area (Å²) in [6.45, 7) is 6.82. The van der Waals surface area contributed by atoms with Gasteiger partial charge in [0.15, 0.2) is 5.96 Å². The first-order valence-electron chi connectivity index (χ1n) is 10.5. The highest BCUT2D eigenvalue weighted by atomic mass is 127. The van der Waals surface area contributed by atoms with Gasteiger partial charge in [0, 0.05) is 42.3 Å². The van der Waals surface area contributed by atoms with Gasteiger partial charge in [-0.25, -0.2) is 9.98 Å². The van der Waals surface area contributed by atoms with Gasteiger partial charge in [-0.1, -0.05) is 30.3 Å². The Labute approximate surface area is 195 Å². The molecule has 2 bridgehead atoms. The summed E-state index contributed by atoms with van der Waals surface area (Å²) in [5.41, 5.74) is 1.43. The van der Waals surface area contributed by atoms with E-state index in [-0.39, 0.29) is 24.0 Å². The number of aromatic nitrogens is 1. The van der Waals surface area contributed by atoms with E-state index in [2.05, 4.69) is 64.7 Å². The lowest BCUT2D eigenvalue weighted by Crippen LogP contribution is -2.52. The van der Waals surface area contributed by atoms with E-state index < -0.39 is 0 Å². The first-order chi connectivity index (χ1) is 13.7. The zero-order chi connectivity index (χ0) is 19.3. The summed E-state index contributed by atoms with van der Waals surface area (Å²) >= 11 is 1.73. The zero-order valence-electron chi connectivity index (χ0n) is 17.3. The van der Waals surface area contributed by atoms with Crippen LogP contribution < -0.4 is 10.6 Å². The van der Waals surface area contributed by atoms with Gasteiger partial charge in [-0.2, -0.15) is 0 Å². The quantitative estimate of drug-likeness (QED) is 0.335. The lowest BCUT2D eigenvalue weighted by Gasteiger charge is -2.39. The topological polar surface area (TPSA) is 52.6 Å². The summed E-state index contributed by atoms with van der Waals surface area (Å²) in [5.74, 6) is 0.927. The number of aryl methyl sites for hydroxylation is 1. The van der Waals surface area contributed by atoms with Gasteiger partial charge >= 0.3 is 0 Å². The van der Waals surface area contributed by atoms with E-state index in [9.17, 15) is 0 Å². The predicted octanol–water partition coefficient (Wildman–Crippen LogP) is 4.32. The van der Waals surface area contributed by atoms with E-state index in [1.54, 1.807) is 11.3 Å². The van der Waals surface area contributed by atoms with Crippen LogP contribution in [-0.2, 0) is 13.1 Å². The Balaban J connectivity index is 0.00000240. The van der Waals surface area contributed by atoms with Crippen LogP contribution in [0.3, 0.4) is 0 Å². The van der Waals surface area contributed by atoms with Crippen LogP contribution in [0.4, 0.5) is 0 Å². The van der Waals surface area contributed by atoms with E-state index in [4.69, 9.17) is 4.99 Å². The van der Waals surface area contributed by atoms with E-state index in [0.717, 1.165) is 24.1 Å². The van der Waals surface area contributed by atoms with Crippen molar-refractivity contribution >= 4 is 41.3 Å². The maximum Gasteiger partial charge on any atom is 0.191 e. The first-order valence-corrected chi connectivity index (χ1v) is 11.3. The van der Waals surface area contributed by atoms with Crippen molar-refractivity contribution in [3.8, 4) is 0 Å². The molecule has 158 valence electrons. The standard InChI is InChI=1S/C22H31N5S.HI/c1-3-23-22(25-14-21-24-13-16(2)28-21)26-18-11-19-9-10-20(12-18)27(19)15-17-7-5-4-6-8-17;/h4-8,13,18-20H,3,9-12,14-15H2,1-2H3,(H2,23,25,26);1H. The summed E-state index contributed by atoms with van der Waals surface area (Å²) in [5, 5.41) is 8.19. The molecule has 2 saturated heterocycles. The van der Waals surface area contributed by atoms with E-state index in [1.165, 1.54) is 36.1 Å². The van der Waals surface area contributed by atoms with Gasteiger partial charge in [-0.05, 0) is 45.1 Å². The SMILES string of the molecule is CCNC(=NCc1ncc(C)s1)NC1CC2CCC(C1)N2Cc1ccccc1.I. The number of nitrogens with one attached hydrogen (secondary N) is 2. The van der Waals surface area contributed by atoms with Crippen LogP contribution in [0.15, 0.2) is 41.5 Å². The fourth-order valence-electron chi connectivity index (χ4n) is 4.58. The molecule has 2 aliphatic heterocycles. The van der Waals surface area contributed by atoms with Crippen molar-refractivity contribution in [2.24, 2.45) is 4.99 Å². The fourth-order valence-corrected chi connectivity index (χ4v) is 5.29. The molecule has 4 rings (SSSR count). The number of thiazole rings is 1. The van der Waals surface area contributed by atoms with Crippen LogP contribution in [0.5, 0.6) is 0 Å². The van der Waals surface area contributed by atoms with Crippen LogP contribution in [-0.4, -0.2) is 40.5 Å². The number of nitrogens with zero attached hydrogens (tertiary/aromatic N) is 3. The summed E-state index contributed by atoms with van der Waals surface area (Å²) < 4.78 is 0. The molecule has 1 aromatic carbocycles. The zero-order valence-corrected chi connectivity index (χ0v) is 20.5. The van der Waals surface area contributed by atoms with Crippen molar-refractivity contribution in [1.29, 1.82) is 0 Å². The predicted molar refractivity (Wildman–Crippen MR) is 132 cm³/mol. The molecular weight excluding hydrogens is 493 g/mol. The minimum atomic E-state index is 0. The number of benzene rings is 1. The molecule has 2 atom stereocenters. The van der Waals surface area contributed by atoms with Crippen molar-refractivity contribution < 1.29 is 0 Å². The molecule has 0 radical (unpaired) electrons. The number of hydrogen-bond acceptors (Lipinski definition) is 4. The lowest BCUT2D eigenvalue weighted by atomic mass is 9.96. The number of guanidine groups is 1. The van der Waals surface area contributed by atoms with Crippen LogP contribution in [0.1, 0.15) is 48.1 Å². The van der Waals surface area contributed by atoms with Crippen molar-refractivity contribution in [3.05, 3.63) is 52.0 Å². The number of aliphatic imine (C=N–C) groups is 1. The lowest BCUT2D eigenvalue weighted by molar-refractivity contribution is 0.114. The summed E-state index contributed by atoms with van der Waals surface area (Å²) in [4.78, 5) is 13.2. The highest BCUT2D eigenvalue weighted by Gasteiger charge is 2.40. The molecule has 2 aliphatic rings. The smallest absolute Gasteiger partial charge is 0.191 e. The van der Waals surface area contributed by atoms with Gasteiger partial charge in [0.2, 0.25) is 0 Å². The molecule has 29 heavy (non-hydrogen) atoms. The molecule has 2 fully saturated rings. The van der Waals surface area contributed by atoms with Crippen molar-refractivity contribution in [2.45, 2.75) is 70.7 Å². The highest BCUT2D eigenvalue weighted by molar-refractivity contribution is 14.0. The van der Waals surface area contributed by atoms with Crippen LogP contribution in [0.2, 0.25) is 0 Å². The summed E-state index contributed by atoms with van der Waals surface area (Å²) in [6.07, 6.45) is 6.97. The molecule has 0 amide bonds. The molecule has 0 saturated carbocycles. The van der Waals surface area contributed by atoms with Gasteiger partial charge in [-0.15, -0.1) is 35.3 Å². The average molecular weight is 526 g/mol. The second kappa shape index (κ2) is 10.7. The summed E-state index contributed by atoms with van der Waals surface area (Å²) in [6, 6.07) is 12.8. The Morgan fingerprint density at radius 2 is 1.93 bits per heavy atom. The monoisotopic (exact) mass is 525 g/mol. The Morgan fingerprint density at radius 3 is 2.55 bits per heavy atom. The van der Waals surface area contributed by atoms with Crippen molar-refractivity contribution in [3.63, 3.8) is 0 Å². The minimum absolute atomic E-state index is 0.